The summed E-state index contributed by atoms with van der Waals surface area (Å²) in [5, 5.41) is 0. The Kier molecular flexibility index (Phi) is 2.58. The molecular weight excluding hydrogens is 379 g/mol. The maximum absolute atomic E-state index is 6.51. The van der Waals surface area contributed by atoms with Gasteiger partial charge in [0.25, 0.3) is 0 Å². The van der Waals surface area contributed by atoms with Gasteiger partial charge in [0, 0.05) is 29.1 Å². The Morgan fingerprint density at radius 3 is 1.71 bits per heavy atom. The normalized spacial score (nSPS) is 15.0. The first-order valence-electron chi connectivity index (χ1n) is 10.9. The van der Waals surface area contributed by atoms with Gasteiger partial charge in [0.05, 0.1) is 22.7 Å². The smallest absolute Gasteiger partial charge is 0.337 e. The van der Waals surface area contributed by atoms with Gasteiger partial charge >= 0.3 is 6.85 Å². The Bertz CT molecular complexity index is 1410. The molecule has 0 aromatic heterocycles. The summed E-state index contributed by atoms with van der Waals surface area (Å²) in [6.07, 6.45) is 0. The molecule has 0 amide bonds. The molecule has 0 spiro atoms. The quantitative estimate of drug-likeness (QED) is 0.369. The van der Waals surface area contributed by atoms with E-state index in [0.717, 1.165) is 11.5 Å². The van der Waals surface area contributed by atoms with Crippen LogP contribution in [0.1, 0.15) is 11.1 Å². The minimum absolute atomic E-state index is 0.141. The lowest BCUT2D eigenvalue weighted by molar-refractivity contribution is 0.487. The third kappa shape index (κ3) is 1.68. The van der Waals surface area contributed by atoms with Gasteiger partial charge in [-0.15, -0.1) is 0 Å². The second kappa shape index (κ2) is 4.97. The van der Waals surface area contributed by atoms with Crippen molar-refractivity contribution in [3.63, 3.8) is 0 Å². The highest BCUT2D eigenvalue weighted by molar-refractivity contribution is 6.94. The zero-order valence-electron chi connectivity index (χ0n) is 17.7. The fourth-order valence-electron chi connectivity index (χ4n) is 6.27. The number of rotatable bonds is 0. The summed E-state index contributed by atoms with van der Waals surface area (Å²) >= 11 is 0. The highest BCUT2D eigenvalue weighted by atomic mass is 16.5. The first-order chi connectivity index (χ1) is 15.1. The standard InChI is InChI=1S/C27H19BN2O/c1-14-10-18-16-6-4-8-22-24(16)28-25-17(7-5-9-23(25)31-22)19-11-15(2)13-21-27(19)30(28)26(18)20(12-14)29(21)3/h4-13H,1-3H3. The first kappa shape index (κ1) is 16.1. The number of hydrogen-bond donors (Lipinski definition) is 0. The molecule has 4 aromatic carbocycles. The Morgan fingerprint density at radius 1 is 0.677 bits per heavy atom. The van der Waals surface area contributed by atoms with E-state index in [-0.39, 0.29) is 6.85 Å². The van der Waals surface area contributed by atoms with Crippen LogP contribution in [-0.2, 0) is 0 Å². The van der Waals surface area contributed by atoms with Crippen molar-refractivity contribution < 1.29 is 4.74 Å². The largest absolute Gasteiger partial charge is 0.458 e. The summed E-state index contributed by atoms with van der Waals surface area (Å²) in [5.41, 5.74) is 15.6. The molecule has 0 saturated heterocycles. The number of ether oxygens (including phenoxy) is 1. The van der Waals surface area contributed by atoms with Crippen molar-refractivity contribution >= 4 is 40.5 Å². The van der Waals surface area contributed by atoms with Crippen molar-refractivity contribution in [2.75, 3.05) is 16.8 Å². The third-order valence-electron chi connectivity index (χ3n) is 7.41. The fourth-order valence-corrected chi connectivity index (χ4v) is 6.27. The van der Waals surface area contributed by atoms with E-state index in [1.54, 1.807) is 0 Å². The Hall–Kier alpha value is -3.66. The highest BCUT2D eigenvalue weighted by Crippen LogP contribution is 2.59. The van der Waals surface area contributed by atoms with Gasteiger partial charge in [0.15, 0.2) is 0 Å². The molecule has 146 valence electrons. The molecule has 31 heavy (non-hydrogen) atoms. The van der Waals surface area contributed by atoms with E-state index in [9.17, 15) is 0 Å². The summed E-state index contributed by atoms with van der Waals surface area (Å²) in [4.78, 5) is 4.99. The third-order valence-corrected chi connectivity index (χ3v) is 7.41. The summed E-state index contributed by atoms with van der Waals surface area (Å²) in [5.74, 6) is 1.97. The van der Waals surface area contributed by atoms with E-state index in [4.69, 9.17) is 4.74 Å². The number of aryl methyl sites for hydroxylation is 2. The van der Waals surface area contributed by atoms with E-state index in [1.165, 1.54) is 67.1 Å². The first-order valence-corrected chi connectivity index (χ1v) is 10.9. The van der Waals surface area contributed by atoms with Crippen LogP contribution in [0.25, 0.3) is 22.3 Å². The molecule has 4 aromatic rings. The zero-order chi connectivity index (χ0) is 20.6. The number of nitrogens with zero attached hydrogens (tertiary/aromatic N) is 2. The van der Waals surface area contributed by atoms with Crippen molar-refractivity contribution in [3.05, 3.63) is 71.8 Å². The fraction of sp³-hybridized carbons (Fsp3) is 0.111. The van der Waals surface area contributed by atoms with Gasteiger partial charge in [-0.05, 0) is 72.5 Å². The predicted molar refractivity (Wildman–Crippen MR) is 129 cm³/mol. The second-order valence-corrected chi connectivity index (χ2v) is 9.23. The highest BCUT2D eigenvalue weighted by Gasteiger charge is 2.51. The van der Waals surface area contributed by atoms with Gasteiger partial charge in [-0.2, -0.15) is 0 Å². The van der Waals surface area contributed by atoms with E-state index in [2.05, 4.69) is 91.3 Å². The Morgan fingerprint density at radius 2 is 1.19 bits per heavy atom. The number of anilines is 4. The van der Waals surface area contributed by atoms with Crippen LogP contribution >= 0.6 is 0 Å². The molecule has 0 bridgehead atoms. The minimum Gasteiger partial charge on any atom is -0.458 e. The summed E-state index contributed by atoms with van der Waals surface area (Å²) in [7, 11) is 2.21. The van der Waals surface area contributed by atoms with Gasteiger partial charge < -0.3 is 14.4 Å². The van der Waals surface area contributed by atoms with Crippen LogP contribution in [0.3, 0.4) is 0 Å². The van der Waals surface area contributed by atoms with Crippen LogP contribution in [0.5, 0.6) is 11.5 Å². The van der Waals surface area contributed by atoms with Crippen LogP contribution in [0.2, 0.25) is 0 Å². The number of benzene rings is 4. The molecule has 8 rings (SSSR count). The van der Waals surface area contributed by atoms with Crippen LogP contribution in [0.4, 0.5) is 22.7 Å². The van der Waals surface area contributed by atoms with Gasteiger partial charge in [-0.3, -0.25) is 0 Å². The molecule has 0 unspecified atom stereocenters. The van der Waals surface area contributed by atoms with Crippen molar-refractivity contribution in [2.24, 2.45) is 0 Å². The topological polar surface area (TPSA) is 15.7 Å². The number of fused-ring (bicyclic) bond motifs is 2. The van der Waals surface area contributed by atoms with Crippen molar-refractivity contribution in [1.29, 1.82) is 0 Å². The lowest BCUT2D eigenvalue weighted by atomic mass is 9.41. The molecule has 0 fully saturated rings. The number of hydrogen-bond acceptors (Lipinski definition) is 3. The maximum Gasteiger partial charge on any atom is 0.337 e. The van der Waals surface area contributed by atoms with Gasteiger partial charge in [0.1, 0.15) is 11.5 Å². The average molecular weight is 398 g/mol. The molecule has 0 saturated carbocycles. The van der Waals surface area contributed by atoms with Crippen LogP contribution < -0.4 is 25.4 Å². The summed E-state index contributed by atoms with van der Waals surface area (Å²) < 4.78 is 6.51. The van der Waals surface area contributed by atoms with Crippen molar-refractivity contribution in [1.82, 2.24) is 0 Å². The Labute approximate surface area is 181 Å². The minimum atomic E-state index is 0.141. The van der Waals surface area contributed by atoms with Crippen molar-refractivity contribution in [3.8, 4) is 33.8 Å². The van der Waals surface area contributed by atoms with Crippen LogP contribution in [0, 0.1) is 13.8 Å². The monoisotopic (exact) mass is 398 g/mol. The van der Waals surface area contributed by atoms with Crippen LogP contribution in [0.15, 0.2) is 60.7 Å². The molecule has 0 atom stereocenters. The van der Waals surface area contributed by atoms with E-state index < -0.39 is 0 Å². The van der Waals surface area contributed by atoms with Gasteiger partial charge in [0.2, 0.25) is 0 Å². The maximum atomic E-state index is 6.51. The molecule has 0 aliphatic carbocycles. The molecular formula is C27H19BN2O. The average Bonchev–Trinajstić information content (AvgIpc) is 2.77. The van der Waals surface area contributed by atoms with Crippen molar-refractivity contribution in [2.45, 2.75) is 13.8 Å². The molecule has 0 radical (unpaired) electrons. The lowest BCUT2D eigenvalue weighted by Gasteiger charge is -2.51. The summed E-state index contributed by atoms with van der Waals surface area (Å²) in [6, 6.07) is 22.4. The molecule has 0 N–H and O–H groups in total. The zero-order valence-corrected chi connectivity index (χ0v) is 17.7. The molecule has 3 nitrogen and oxygen atoms in total. The molecule has 4 aliphatic heterocycles. The van der Waals surface area contributed by atoms with E-state index in [0.29, 0.717) is 0 Å². The molecule has 4 heterocycles. The lowest BCUT2D eigenvalue weighted by Crippen LogP contribution is -2.62. The van der Waals surface area contributed by atoms with Gasteiger partial charge in [-0.1, -0.05) is 24.3 Å². The molecule has 4 heteroatoms. The Balaban J connectivity index is 1.64. The molecule has 4 aliphatic rings. The van der Waals surface area contributed by atoms with Gasteiger partial charge in [-0.25, -0.2) is 0 Å². The summed E-state index contributed by atoms with van der Waals surface area (Å²) in [6.45, 7) is 4.54. The van der Waals surface area contributed by atoms with E-state index in [1.807, 2.05) is 0 Å². The SMILES string of the molecule is Cc1cc2c3c(c1)N(C)c1cc(C)cc4c1N3B1c3c(cccc3-2)Oc2cccc-4c21. The second-order valence-electron chi connectivity index (χ2n) is 9.23. The van der Waals surface area contributed by atoms with Crippen LogP contribution in [-0.4, -0.2) is 13.9 Å². The van der Waals surface area contributed by atoms with E-state index >= 15 is 0 Å². The predicted octanol–water partition coefficient (Wildman–Crippen LogP) is 5.40.